The summed E-state index contributed by atoms with van der Waals surface area (Å²) >= 11 is 6.00. The highest BCUT2D eigenvalue weighted by atomic mass is 35.5. The van der Waals surface area contributed by atoms with Crippen molar-refractivity contribution in [3.05, 3.63) is 53.6 Å². The normalized spacial score (nSPS) is 10.5. The number of nitrogen functional groups attached to an aromatic ring is 1. The van der Waals surface area contributed by atoms with Crippen molar-refractivity contribution in [2.75, 3.05) is 12.8 Å². The van der Waals surface area contributed by atoms with Crippen LogP contribution in [-0.2, 0) is 0 Å². The SMILES string of the molecule is COc1cccc(-c2cc(-c3cc(Cl)ccc3O)nc(N)n2)c1. The summed E-state index contributed by atoms with van der Waals surface area (Å²) in [5, 5.41) is 10.5. The molecule has 0 bridgehead atoms. The van der Waals surface area contributed by atoms with Crippen LogP contribution in [0.15, 0.2) is 48.5 Å². The Morgan fingerprint density at radius 1 is 1.04 bits per heavy atom. The molecular weight excluding hydrogens is 314 g/mol. The number of methoxy groups -OCH3 is 1. The Bertz CT molecular complexity index is 868. The Hall–Kier alpha value is -2.79. The number of hydrogen-bond acceptors (Lipinski definition) is 5. The minimum absolute atomic E-state index is 0.0732. The van der Waals surface area contributed by atoms with Crippen molar-refractivity contribution in [3.63, 3.8) is 0 Å². The van der Waals surface area contributed by atoms with Gasteiger partial charge in [0.05, 0.1) is 18.5 Å². The Morgan fingerprint density at radius 2 is 1.83 bits per heavy atom. The van der Waals surface area contributed by atoms with Gasteiger partial charge in [-0.15, -0.1) is 0 Å². The third kappa shape index (κ3) is 3.19. The second kappa shape index (κ2) is 6.14. The maximum absolute atomic E-state index is 10.0. The van der Waals surface area contributed by atoms with Crippen molar-refractivity contribution in [3.8, 4) is 34.0 Å². The molecule has 1 heterocycles. The molecule has 5 nitrogen and oxygen atoms in total. The number of phenolic OH excluding ortho intramolecular Hbond substituents is 1. The second-order valence-electron chi connectivity index (χ2n) is 4.89. The van der Waals surface area contributed by atoms with E-state index in [2.05, 4.69) is 9.97 Å². The van der Waals surface area contributed by atoms with Crippen LogP contribution in [0.1, 0.15) is 0 Å². The molecule has 116 valence electrons. The van der Waals surface area contributed by atoms with Crippen LogP contribution in [0.25, 0.3) is 22.5 Å². The van der Waals surface area contributed by atoms with E-state index in [4.69, 9.17) is 22.1 Å². The molecule has 0 saturated carbocycles. The number of phenols is 1. The molecule has 3 aromatic rings. The van der Waals surface area contributed by atoms with Crippen molar-refractivity contribution >= 4 is 17.5 Å². The number of ether oxygens (including phenoxy) is 1. The zero-order valence-electron chi connectivity index (χ0n) is 12.3. The number of hydrogen-bond donors (Lipinski definition) is 2. The number of aromatic nitrogens is 2. The summed E-state index contributed by atoms with van der Waals surface area (Å²) in [7, 11) is 1.60. The second-order valence-corrected chi connectivity index (χ2v) is 5.33. The van der Waals surface area contributed by atoms with Gasteiger partial charge < -0.3 is 15.6 Å². The van der Waals surface area contributed by atoms with Crippen LogP contribution in [0.5, 0.6) is 11.5 Å². The Kier molecular flexibility index (Phi) is 4.04. The highest BCUT2D eigenvalue weighted by molar-refractivity contribution is 6.30. The number of aromatic hydroxyl groups is 1. The third-order valence-electron chi connectivity index (χ3n) is 3.34. The van der Waals surface area contributed by atoms with Gasteiger partial charge in [0.25, 0.3) is 0 Å². The molecule has 3 rings (SSSR count). The first kappa shape index (κ1) is 15.1. The topological polar surface area (TPSA) is 81.3 Å². The molecule has 0 aliphatic carbocycles. The zero-order chi connectivity index (χ0) is 16.4. The van der Waals surface area contributed by atoms with Gasteiger partial charge in [0.2, 0.25) is 5.95 Å². The maximum Gasteiger partial charge on any atom is 0.221 e. The molecule has 1 aromatic heterocycles. The summed E-state index contributed by atoms with van der Waals surface area (Å²) in [4.78, 5) is 8.44. The number of rotatable bonds is 3. The van der Waals surface area contributed by atoms with Gasteiger partial charge in [0.1, 0.15) is 11.5 Å². The summed E-state index contributed by atoms with van der Waals surface area (Å²) < 4.78 is 5.22. The van der Waals surface area contributed by atoms with Crippen molar-refractivity contribution < 1.29 is 9.84 Å². The van der Waals surface area contributed by atoms with Crippen LogP contribution in [0.4, 0.5) is 5.95 Å². The van der Waals surface area contributed by atoms with Gasteiger partial charge in [-0.25, -0.2) is 9.97 Å². The highest BCUT2D eigenvalue weighted by Crippen LogP contribution is 2.33. The summed E-state index contributed by atoms with van der Waals surface area (Å²) in [6, 6.07) is 14.0. The van der Waals surface area contributed by atoms with Gasteiger partial charge in [-0.1, -0.05) is 23.7 Å². The van der Waals surface area contributed by atoms with Crippen LogP contribution in [-0.4, -0.2) is 22.2 Å². The molecule has 0 aliphatic rings. The molecule has 0 unspecified atom stereocenters. The van der Waals surface area contributed by atoms with Crippen LogP contribution in [0.3, 0.4) is 0 Å². The average Bonchev–Trinajstić information content (AvgIpc) is 2.56. The monoisotopic (exact) mass is 327 g/mol. The Morgan fingerprint density at radius 3 is 2.61 bits per heavy atom. The molecule has 0 atom stereocenters. The summed E-state index contributed by atoms with van der Waals surface area (Å²) in [5.41, 5.74) is 8.28. The first-order chi connectivity index (χ1) is 11.1. The van der Waals surface area contributed by atoms with E-state index >= 15 is 0 Å². The largest absolute Gasteiger partial charge is 0.507 e. The zero-order valence-corrected chi connectivity index (χ0v) is 13.1. The maximum atomic E-state index is 10.0. The molecule has 2 aromatic carbocycles. The fourth-order valence-electron chi connectivity index (χ4n) is 2.25. The lowest BCUT2D eigenvalue weighted by Crippen LogP contribution is -1.99. The van der Waals surface area contributed by atoms with Crippen LogP contribution in [0, 0.1) is 0 Å². The lowest BCUT2D eigenvalue weighted by Gasteiger charge is -2.09. The molecule has 0 radical (unpaired) electrons. The quantitative estimate of drug-likeness (QED) is 0.765. The fraction of sp³-hybridized carbons (Fsp3) is 0.0588. The van der Waals surface area contributed by atoms with Crippen LogP contribution in [0.2, 0.25) is 5.02 Å². The van der Waals surface area contributed by atoms with Crippen LogP contribution < -0.4 is 10.5 Å². The molecule has 0 fully saturated rings. The molecule has 0 spiro atoms. The Labute approximate surface area is 138 Å². The van der Waals surface area contributed by atoms with E-state index in [1.54, 1.807) is 25.3 Å². The standard InChI is InChI=1S/C17H14ClN3O2/c1-23-12-4-2-3-10(7-12)14-9-15(21-17(19)20-14)13-8-11(18)5-6-16(13)22/h2-9,22H,1H3,(H2,19,20,21). The lowest BCUT2D eigenvalue weighted by molar-refractivity contribution is 0.415. The van der Waals surface area contributed by atoms with E-state index in [0.29, 0.717) is 27.7 Å². The van der Waals surface area contributed by atoms with E-state index in [-0.39, 0.29) is 11.7 Å². The number of nitrogens with zero attached hydrogens (tertiary/aromatic N) is 2. The van der Waals surface area contributed by atoms with Crippen molar-refractivity contribution in [2.45, 2.75) is 0 Å². The Balaban J connectivity index is 2.14. The first-order valence-corrected chi connectivity index (χ1v) is 7.22. The van der Waals surface area contributed by atoms with Crippen molar-refractivity contribution in [1.29, 1.82) is 0 Å². The van der Waals surface area contributed by atoms with Crippen LogP contribution >= 0.6 is 11.6 Å². The van der Waals surface area contributed by atoms with Crippen molar-refractivity contribution in [2.24, 2.45) is 0 Å². The van der Waals surface area contributed by atoms with Gasteiger partial charge in [-0.2, -0.15) is 0 Å². The number of anilines is 1. The van der Waals surface area contributed by atoms with Gasteiger partial charge in [-0.3, -0.25) is 0 Å². The molecular formula is C17H14ClN3O2. The predicted octanol–water partition coefficient (Wildman–Crippen LogP) is 3.76. The van der Waals surface area contributed by atoms with Gasteiger partial charge in [-0.05, 0) is 36.4 Å². The summed E-state index contributed by atoms with van der Waals surface area (Å²) in [6.07, 6.45) is 0. The lowest BCUT2D eigenvalue weighted by atomic mass is 10.1. The summed E-state index contributed by atoms with van der Waals surface area (Å²) in [5.74, 6) is 0.899. The van der Waals surface area contributed by atoms with E-state index < -0.39 is 0 Å². The van der Waals surface area contributed by atoms with Crippen molar-refractivity contribution in [1.82, 2.24) is 9.97 Å². The molecule has 0 saturated heterocycles. The number of benzene rings is 2. The highest BCUT2D eigenvalue weighted by Gasteiger charge is 2.11. The van der Waals surface area contributed by atoms with Gasteiger partial charge >= 0.3 is 0 Å². The van der Waals surface area contributed by atoms with E-state index in [9.17, 15) is 5.11 Å². The van der Waals surface area contributed by atoms with E-state index in [1.807, 2.05) is 24.3 Å². The number of halogens is 1. The van der Waals surface area contributed by atoms with E-state index in [1.165, 1.54) is 6.07 Å². The minimum atomic E-state index is 0.0732. The molecule has 6 heteroatoms. The van der Waals surface area contributed by atoms with Gasteiger partial charge in [0.15, 0.2) is 0 Å². The molecule has 0 aliphatic heterocycles. The van der Waals surface area contributed by atoms with Gasteiger partial charge in [0, 0.05) is 16.1 Å². The fourth-order valence-corrected chi connectivity index (χ4v) is 2.42. The number of nitrogens with two attached hydrogens (primary N) is 1. The third-order valence-corrected chi connectivity index (χ3v) is 3.58. The molecule has 0 amide bonds. The smallest absolute Gasteiger partial charge is 0.221 e. The first-order valence-electron chi connectivity index (χ1n) is 6.84. The molecule has 3 N–H and O–H groups in total. The average molecular weight is 328 g/mol. The van der Waals surface area contributed by atoms with E-state index in [0.717, 1.165) is 5.56 Å². The molecule has 23 heavy (non-hydrogen) atoms. The predicted molar refractivity (Wildman–Crippen MR) is 90.5 cm³/mol. The minimum Gasteiger partial charge on any atom is -0.507 e. The summed E-state index contributed by atoms with van der Waals surface area (Å²) in [6.45, 7) is 0.